The van der Waals surface area contributed by atoms with Gasteiger partial charge in [0.05, 0.1) is 13.1 Å². The quantitative estimate of drug-likeness (QED) is 0.469. The summed E-state index contributed by atoms with van der Waals surface area (Å²) >= 11 is 0. The molecule has 0 aliphatic heterocycles. The van der Waals surface area contributed by atoms with Crippen molar-refractivity contribution < 1.29 is 33.6 Å². The molecule has 32 heavy (non-hydrogen) atoms. The molecule has 0 saturated carbocycles. The fourth-order valence-electron chi connectivity index (χ4n) is 4.06. The molecule has 0 saturated heterocycles. The van der Waals surface area contributed by atoms with Gasteiger partial charge in [0.2, 0.25) is 0 Å². The highest BCUT2D eigenvalue weighted by molar-refractivity contribution is 6.37. The van der Waals surface area contributed by atoms with Gasteiger partial charge >= 0.3 is 0 Å². The molecule has 2 aliphatic rings. The topological polar surface area (TPSA) is 172 Å². The first-order valence-corrected chi connectivity index (χ1v) is 9.66. The normalized spacial score (nSPS) is 19.2. The molecule has 2 aromatic carbocycles. The minimum Gasteiger partial charge on any atom is -0.324 e. The van der Waals surface area contributed by atoms with Crippen molar-refractivity contribution in [3.63, 3.8) is 0 Å². The predicted molar refractivity (Wildman–Crippen MR) is 109 cm³/mol. The lowest BCUT2D eigenvalue weighted by molar-refractivity contribution is -0.119. The summed E-state index contributed by atoms with van der Waals surface area (Å²) in [6.45, 7) is -0.922. The Morgan fingerprint density at radius 1 is 0.594 bits per heavy atom. The Labute approximate surface area is 180 Å². The SMILES string of the molecule is NCC(=O)C1C(=O)c2ccc(C(=O)c3ccc4c(c3)C(=O)C(C(=O)CN)C4=O)cc2C1=O. The molecule has 0 heterocycles. The molecule has 4 rings (SSSR count). The van der Waals surface area contributed by atoms with Crippen molar-refractivity contribution in [3.05, 3.63) is 69.8 Å². The van der Waals surface area contributed by atoms with E-state index in [-0.39, 0.29) is 33.4 Å². The summed E-state index contributed by atoms with van der Waals surface area (Å²) in [7, 11) is 0. The molecule has 9 heteroatoms. The standard InChI is InChI=1S/C23H16N2O7/c24-7-15(26)17-20(29)11-3-1-9(5-13(11)22(17)31)19(28)10-2-4-12-14(6-10)23(32)18(21(12)30)16(27)8-25/h1-6,17-18H,7-8,24-25H2. The van der Waals surface area contributed by atoms with E-state index in [2.05, 4.69) is 0 Å². The molecule has 2 aliphatic carbocycles. The number of fused-ring (bicyclic) bond motifs is 2. The smallest absolute Gasteiger partial charge is 0.193 e. The van der Waals surface area contributed by atoms with Crippen LogP contribution in [0, 0.1) is 11.8 Å². The Morgan fingerprint density at radius 3 is 1.28 bits per heavy atom. The van der Waals surface area contributed by atoms with E-state index in [1.54, 1.807) is 0 Å². The summed E-state index contributed by atoms with van der Waals surface area (Å²) in [5.41, 5.74) is 10.6. The number of rotatable bonds is 6. The summed E-state index contributed by atoms with van der Waals surface area (Å²) in [6.07, 6.45) is 0. The highest BCUT2D eigenvalue weighted by Gasteiger charge is 2.44. The van der Waals surface area contributed by atoms with E-state index in [1.807, 2.05) is 0 Å². The fraction of sp³-hybridized carbons (Fsp3) is 0.174. The molecule has 2 atom stereocenters. The second-order valence-electron chi connectivity index (χ2n) is 7.51. The van der Waals surface area contributed by atoms with Gasteiger partial charge in [0, 0.05) is 33.4 Å². The average Bonchev–Trinajstić information content (AvgIpc) is 3.21. The van der Waals surface area contributed by atoms with E-state index in [4.69, 9.17) is 11.5 Å². The highest BCUT2D eigenvalue weighted by Crippen LogP contribution is 2.31. The second kappa shape index (κ2) is 7.63. The Balaban J connectivity index is 1.69. The van der Waals surface area contributed by atoms with E-state index in [1.165, 1.54) is 36.4 Å². The summed E-state index contributed by atoms with van der Waals surface area (Å²) in [4.78, 5) is 86.6. The summed E-state index contributed by atoms with van der Waals surface area (Å²) in [6, 6.07) is 7.71. The minimum atomic E-state index is -1.50. The third-order valence-corrected chi connectivity index (χ3v) is 5.72. The molecule has 0 spiro atoms. The number of Topliss-reactive ketones (excluding diaryl/α,β-unsaturated/α-hetero) is 6. The van der Waals surface area contributed by atoms with Crippen molar-refractivity contribution in [3.8, 4) is 0 Å². The predicted octanol–water partition coefficient (Wildman–Crippen LogP) is -0.0364. The Bertz CT molecular complexity index is 1190. The van der Waals surface area contributed by atoms with Crippen molar-refractivity contribution >= 4 is 40.5 Å². The van der Waals surface area contributed by atoms with Gasteiger partial charge < -0.3 is 11.5 Å². The van der Waals surface area contributed by atoms with E-state index in [0.29, 0.717) is 0 Å². The fourth-order valence-corrected chi connectivity index (χ4v) is 4.06. The minimum absolute atomic E-state index is 0.0382. The first kappa shape index (κ1) is 21.3. The molecule has 0 bridgehead atoms. The van der Waals surface area contributed by atoms with Gasteiger partial charge in [-0.1, -0.05) is 12.1 Å². The van der Waals surface area contributed by atoms with Crippen molar-refractivity contribution in [2.45, 2.75) is 0 Å². The maximum Gasteiger partial charge on any atom is 0.193 e. The molecular weight excluding hydrogens is 416 g/mol. The van der Waals surface area contributed by atoms with Crippen LogP contribution in [-0.2, 0) is 9.59 Å². The molecule has 2 aromatic rings. The van der Waals surface area contributed by atoms with Gasteiger partial charge in [-0.15, -0.1) is 0 Å². The van der Waals surface area contributed by atoms with Crippen LogP contribution in [0.5, 0.6) is 0 Å². The summed E-state index contributed by atoms with van der Waals surface area (Å²) < 4.78 is 0. The number of nitrogens with two attached hydrogens (primary N) is 2. The van der Waals surface area contributed by atoms with Gasteiger partial charge in [-0.05, 0) is 24.3 Å². The maximum absolute atomic E-state index is 13.0. The van der Waals surface area contributed by atoms with Crippen LogP contribution in [0.15, 0.2) is 36.4 Å². The molecule has 0 radical (unpaired) electrons. The molecule has 160 valence electrons. The molecule has 4 N–H and O–H groups in total. The average molecular weight is 432 g/mol. The van der Waals surface area contributed by atoms with Crippen LogP contribution in [-0.4, -0.2) is 53.6 Å². The number of carbonyl (C=O) groups is 7. The lowest BCUT2D eigenvalue weighted by Crippen LogP contribution is -2.31. The van der Waals surface area contributed by atoms with Crippen LogP contribution in [0.2, 0.25) is 0 Å². The first-order chi connectivity index (χ1) is 15.2. The zero-order valence-corrected chi connectivity index (χ0v) is 16.5. The number of hydrogen-bond donors (Lipinski definition) is 2. The monoisotopic (exact) mass is 432 g/mol. The number of benzene rings is 2. The summed E-state index contributed by atoms with van der Waals surface area (Å²) in [5, 5.41) is 0. The number of hydrogen-bond acceptors (Lipinski definition) is 9. The lowest BCUT2D eigenvalue weighted by atomic mass is 9.96. The molecular formula is C23H16N2O7. The van der Waals surface area contributed by atoms with Crippen LogP contribution in [0.4, 0.5) is 0 Å². The molecule has 0 fully saturated rings. The molecule has 2 unspecified atom stereocenters. The lowest BCUT2D eigenvalue weighted by Gasteiger charge is -2.05. The summed E-state index contributed by atoms with van der Waals surface area (Å²) in [5.74, 6) is -7.71. The van der Waals surface area contributed by atoms with E-state index >= 15 is 0 Å². The third kappa shape index (κ3) is 2.98. The van der Waals surface area contributed by atoms with Gasteiger partial charge in [0.25, 0.3) is 0 Å². The van der Waals surface area contributed by atoms with Gasteiger partial charge in [0.15, 0.2) is 40.5 Å². The van der Waals surface area contributed by atoms with E-state index < -0.39 is 65.4 Å². The van der Waals surface area contributed by atoms with Crippen molar-refractivity contribution in [1.82, 2.24) is 0 Å². The van der Waals surface area contributed by atoms with Crippen LogP contribution < -0.4 is 11.5 Å². The van der Waals surface area contributed by atoms with Gasteiger partial charge in [0.1, 0.15) is 11.8 Å². The maximum atomic E-state index is 13.0. The van der Waals surface area contributed by atoms with Crippen LogP contribution >= 0.6 is 0 Å². The molecule has 0 aromatic heterocycles. The van der Waals surface area contributed by atoms with Crippen molar-refractivity contribution in [2.24, 2.45) is 23.3 Å². The first-order valence-electron chi connectivity index (χ1n) is 9.66. The van der Waals surface area contributed by atoms with Crippen molar-refractivity contribution in [2.75, 3.05) is 13.1 Å². The van der Waals surface area contributed by atoms with Crippen LogP contribution in [0.1, 0.15) is 57.4 Å². The molecule has 0 amide bonds. The largest absolute Gasteiger partial charge is 0.324 e. The van der Waals surface area contributed by atoms with Crippen molar-refractivity contribution in [1.29, 1.82) is 0 Å². The van der Waals surface area contributed by atoms with Crippen LogP contribution in [0.3, 0.4) is 0 Å². The van der Waals surface area contributed by atoms with Gasteiger partial charge in [-0.2, -0.15) is 0 Å². The van der Waals surface area contributed by atoms with E-state index in [9.17, 15) is 33.6 Å². The Kier molecular flexibility index (Phi) is 5.08. The van der Waals surface area contributed by atoms with Gasteiger partial charge in [-0.25, -0.2) is 0 Å². The zero-order chi connectivity index (χ0) is 23.3. The Morgan fingerprint density at radius 2 is 0.938 bits per heavy atom. The van der Waals surface area contributed by atoms with E-state index in [0.717, 1.165) is 0 Å². The number of ketones is 7. The van der Waals surface area contributed by atoms with Crippen LogP contribution in [0.25, 0.3) is 0 Å². The third-order valence-electron chi connectivity index (χ3n) is 5.72. The number of carbonyl (C=O) groups excluding carboxylic acids is 7. The van der Waals surface area contributed by atoms with Gasteiger partial charge in [-0.3, -0.25) is 33.6 Å². The Hall–Kier alpha value is -3.95. The zero-order valence-electron chi connectivity index (χ0n) is 16.5. The molecule has 9 nitrogen and oxygen atoms in total. The highest BCUT2D eigenvalue weighted by atomic mass is 16.2. The second-order valence-corrected chi connectivity index (χ2v) is 7.51.